The van der Waals surface area contributed by atoms with E-state index in [1.807, 2.05) is 54.2 Å². The summed E-state index contributed by atoms with van der Waals surface area (Å²) in [5.41, 5.74) is 8.45. The first-order valence-corrected chi connectivity index (χ1v) is 10.4. The molecular weight excluding hydrogens is 380 g/mol. The molecule has 0 saturated carbocycles. The van der Waals surface area contributed by atoms with Crippen LogP contribution < -0.4 is 0 Å². The summed E-state index contributed by atoms with van der Waals surface area (Å²) < 4.78 is 2.03. The summed E-state index contributed by atoms with van der Waals surface area (Å²) in [7, 11) is 0. The average Bonchev–Trinajstić information content (AvgIpc) is 3.06. The van der Waals surface area contributed by atoms with Crippen LogP contribution in [-0.4, -0.2) is 21.7 Å². The molecule has 0 unspecified atom stereocenters. The van der Waals surface area contributed by atoms with Crippen molar-refractivity contribution in [3.63, 3.8) is 0 Å². The topological polar surface area (TPSA) is 42.5 Å². The lowest BCUT2D eigenvalue weighted by Crippen LogP contribution is -2.04. The Bertz CT molecular complexity index is 1160. The first kappa shape index (κ1) is 20.5. The van der Waals surface area contributed by atoms with Crippen LogP contribution in [0, 0.1) is 20.8 Å². The Morgan fingerprint density at radius 2 is 1.39 bits per heavy atom. The minimum atomic E-state index is 0.739. The predicted molar refractivity (Wildman–Crippen MR) is 128 cm³/mol. The second-order valence-electron chi connectivity index (χ2n) is 7.65. The Hall–Kier alpha value is -3.79. The van der Waals surface area contributed by atoms with Gasteiger partial charge in [-0.15, -0.1) is 5.10 Å². The molecule has 0 N–H and O–H groups in total. The second kappa shape index (κ2) is 9.35. The standard InChI is InChI=1S/C27H26N4/c1-20-14-16-23(17-15-20)19-31-22(3)26(21(2)30-31)18-28-29-27(24-10-6-4-7-11-24)25-12-8-5-9-13-25/h4-18H,19H2,1-3H3/b28-18-. The van der Waals surface area contributed by atoms with Gasteiger partial charge >= 0.3 is 0 Å². The van der Waals surface area contributed by atoms with E-state index in [0.29, 0.717) is 0 Å². The van der Waals surface area contributed by atoms with Crippen LogP contribution in [0.2, 0.25) is 0 Å². The highest BCUT2D eigenvalue weighted by atomic mass is 15.3. The summed E-state index contributed by atoms with van der Waals surface area (Å²) >= 11 is 0. The van der Waals surface area contributed by atoms with Gasteiger partial charge in [-0.3, -0.25) is 4.68 Å². The molecule has 0 saturated heterocycles. The summed E-state index contributed by atoms with van der Waals surface area (Å²) in [6.45, 7) is 6.93. The monoisotopic (exact) mass is 406 g/mol. The highest BCUT2D eigenvalue weighted by Gasteiger charge is 2.11. The molecule has 4 rings (SSSR count). The van der Waals surface area contributed by atoms with Crippen LogP contribution in [0.15, 0.2) is 95.1 Å². The largest absolute Gasteiger partial charge is 0.265 e. The fraction of sp³-hybridized carbons (Fsp3) is 0.148. The smallest absolute Gasteiger partial charge is 0.100 e. The molecule has 0 amide bonds. The van der Waals surface area contributed by atoms with E-state index < -0.39 is 0 Å². The van der Waals surface area contributed by atoms with Crippen molar-refractivity contribution in [3.05, 3.63) is 124 Å². The molecule has 31 heavy (non-hydrogen) atoms. The SMILES string of the molecule is Cc1ccc(Cn2nc(C)c(/C=N\N=C(c3ccccc3)c3ccccc3)c2C)cc1. The molecule has 1 aromatic heterocycles. The van der Waals surface area contributed by atoms with E-state index in [1.165, 1.54) is 11.1 Å². The summed E-state index contributed by atoms with van der Waals surface area (Å²) in [4.78, 5) is 0. The summed E-state index contributed by atoms with van der Waals surface area (Å²) in [6.07, 6.45) is 1.81. The van der Waals surface area contributed by atoms with Gasteiger partial charge in [0.2, 0.25) is 0 Å². The highest BCUT2D eigenvalue weighted by molar-refractivity contribution is 6.12. The van der Waals surface area contributed by atoms with Gasteiger partial charge in [0.05, 0.1) is 18.5 Å². The number of hydrogen-bond donors (Lipinski definition) is 0. The zero-order valence-electron chi connectivity index (χ0n) is 18.2. The summed E-state index contributed by atoms with van der Waals surface area (Å²) in [6, 6.07) is 28.8. The van der Waals surface area contributed by atoms with Crippen LogP contribution in [-0.2, 0) is 6.54 Å². The minimum Gasteiger partial charge on any atom is -0.265 e. The van der Waals surface area contributed by atoms with Gasteiger partial charge in [0.25, 0.3) is 0 Å². The van der Waals surface area contributed by atoms with Gasteiger partial charge < -0.3 is 0 Å². The van der Waals surface area contributed by atoms with Crippen LogP contribution in [0.3, 0.4) is 0 Å². The van der Waals surface area contributed by atoms with Crippen molar-refractivity contribution >= 4 is 11.9 Å². The van der Waals surface area contributed by atoms with Crippen molar-refractivity contribution in [1.29, 1.82) is 0 Å². The molecule has 3 aromatic carbocycles. The third-order valence-corrected chi connectivity index (χ3v) is 5.33. The van der Waals surface area contributed by atoms with E-state index in [4.69, 9.17) is 5.10 Å². The lowest BCUT2D eigenvalue weighted by Gasteiger charge is -2.05. The number of hydrogen-bond acceptors (Lipinski definition) is 3. The van der Waals surface area contributed by atoms with Crippen molar-refractivity contribution in [2.24, 2.45) is 10.2 Å². The number of rotatable bonds is 6. The zero-order valence-corrected chi connectivity index (χ0v) is 18.2. The third kappa shape index (κ3) is 4.86. The van der Waals surface area contributed by atoms with E-state index in [1.54, 1.807) is 0 Å². The van der Waals surface area contributed by atoms with Gasteiger partial charge in [-0.1, -0.05) is 90.5 Å². The van der Waals surface area contributed by atoms with Gasteiger partial charge in [-0.2, -0.15) is 10.2 Å². The van der Waals surface area contributed by atoms with Crippen LogP contribution in [0.25, 0.3) is 0 Å². The van der Waals surface area contributed by atoms with Crippen LogP contribution >= 0.6 is 0 Å². The molecule has 0 aliphatic heterocycles. The molecule has 1 heterocycles. The fourth-order valence-electron chi connectivity index (χ4n) is 3.54. The molecule has 4 heteroatoms. The Kier molecular flexibility index (Phi) is 6.18. The maximum atomic E-state index is 4.72. The highest BCUT2D eigenvalue weighted by Crippen LogP contribution is 2.15. The van der Waals surface area contributed by atoms with Crippen LogP contribution in [0.1, 0.15) is 39.2 Å². The normalized spacial score (nSPS) is 11.1. The van der Waals surface area contributed by atoms with E-state index in [0.717, 1.165) is 40.3 Å². The maximum absolute atomic E-state index is 4.72. The molecule has 0 aliphatic carbocycles. The Morgan fingerprint density at radius 1 is 0.806 bits per heavy atom. The minimum absolute atomic E-state index is 0.739. The molecule has 0 aliphatic rings. The summed E-state index contributed by atoms with van der Waals surface area (Å²) in [5.74, 6) is 0. The number of nitrogens with zero attached hydrogens (tertiary/aromatic N) is 4. The Labute approximate surface area is 183 Å². The molecule has 0 radical (unpaired) electrons. The molecule has 4 aromatic rings. The van der Waals surface area contributed by atoms with Gasteiger partial charge in [0, 0.05) is 22.4 Å². The van der Waals surface area contributed by atoms with Gasteiger partial charge in [0.15, 0.2) is 0 Å². The molecule has 154 valence electrons. The van der Waals surface area contributed by atoms with Gasteiger partial charge in [-0.25, -0.2) is 0 Å². The van der Waals surface area contributed by atoms with Crippen LogP contribution in [0.5, 0.6) is 0 Å². The molecule has 0 spiro atoms. The zero-order chi connectivity index (χ0) is 21.6. The predicted octanol–water partition coefficient (Wildman–Crippen LogP) is 5.73. The third-order valence-electron chi connectivity index (χ3n) is 5.33. The Morgan fingerprint density at radius 3 is 1.97 bits per heavy atom. The van der Waals surface area contributed by atoms with E-state index >= 15 is 0 Å². The van der Waals surface area contributed by atoms with Crippen molar-refractivity contribution < 1.29 is 0 Å². The van der Waals surface area contributed by atoms with Crippen LogP contribution in [0.4, 0.5) is 0 Å². The van der Waals surface area contributed by atoms with E-state index in [9.17, 15) is 0 Å². The number of aryl methyl sites for hydroxylation is 2. The molecule has 4 nitrogen and oxygen atoms in total. The molecular formula is C27H26N4. The Balaban J connectivity index is 1.63. The molecule has 0 atom stereocenters. The van der Waals surface area contributed by atoms with Crippen molar-refractivity contribution in [3.8, 4) is 0 Å². The fourth-order valence-corrected chi connectivity index (χ4v) is 3.54. The van der Waals surface area contributed by atoms with Crippen molar-refractivity contribution in [1.82, 2.24) is 9.78 Å². The number of benzene rings is 3. The lowest BCUT2D eigenvalue weighted by molar-refractivity contribution is 0.659. The lowest BCUT2D eigenvalue weighted by atomic mass is 10.0. The molecule has 0 fully saturated rings. The van der Waals surface area contributed by atoms with E-state index in [-0.39, 0.29) is 0 Å². The van der Waals surface area contributed by atoms with Gasteiger partial charge in [0.1, 0.15) is 5.71 Å². The van der Waals surface area contributed by atoms with Crippen molar-refractivity contribution in [2.45, 2.75) is 27.3 Å². The number of aromatic nitrogens is 2. The average molecular weight is 407 g/mol. The van der Waals surface area contributed by atoms with Crippen molar-refractivity contribution in [2.75, 3.05) is 0 Å². The second-order valence-corrected chi connectivity index (χ2v) is 7.65. The quantitative estimate of drug-likeness (QED) is 0.298. The van der Waals surface area contributed by atoms with Gasteiger partial charge in [-0.05, 0) is 26.3 Å². The first-order chi connectivity index (χ1) is 15.1. The van der Waals surface area contributed by atoms with E-state index in [2.05, 4.69) is 72.6 Å². The molecule has 0 bridgehead atoms. The summed E-state index contributed by atoms with van der Waals surface area (Å²) in [5, 5.41) is 13.8. The maximum Gasteiger partial charge on any atom is 0.100 e. The first-order valence-electron chi connectivity index (χ1n) is 10.4.